The zero-order valence-corrected chi connectivity index (χ0v) is 83.0. The van der Waals surface area contributed by atoms with E-state index < -0.39 is 0 Å². The molecule has 0 bridgehead atoms. The largest absolute Gasteiger partial charge is 0.311 e. The molecule has 4 heterocycles. The van der Waals surface area contributed by atoms with Gasteiger partial charge in [0.25, 0.3) is 6.71 Å². The Morgan fingerprint density at radius 3 is 0.740 bits per heavy atom. The van der Waals surface area contributed by atoms with E-state index in [9.17, 15) is 0 Å². The van der Waals surface area contributed by atoms with Crippen LogP contribution in [0.4, 0.5) is 34.1 Å². The van der Waals surface area contributed by atoms with E-state index >= 15 is 0 Å². The van der Waals surface area contributed by atoms with E-state index in [0.717, 1.165) is 34.1 Å². The molecule has 0 saturated heterocycles. The van der Waals surface area contributed by atoms with Gasteiger partial charge in [-0.2, -0.15) is 0 Å². The molecule has 0 fully saturated rings. The summed E-state index contributed by atoms with van der Waals surface area (Å²) in [6, 6.07) is 98.5. The standard InChI is InChI=1S/C122H139BN4/c1-112(2,3)80-44-52-103-97(68-80)95-38-34-36-40-101(95)124(103)91-46-50-99-107(72-91)126(105-62-74(76-54-82(114(7,8)9)64-83(55-76)115(10,11)12)42-48-93(105)78-58-86(118(19,20)21)66-87(59-78)119(22,23)24)109-70-90(122(31,32)33)71-110-111(109)123(99)100-51-47-92(125-102-41-37-35-39-96(102)98-69-81(113(4,5)6)45-53-104(98)125)73-108(100)127(110)106-63-75(77-56-84(116(13,14)15)65-85(57-77)117(16,17)18)43-49-94(106)79-60-88(120(25,26)27)67-89(61-79)121(28,29)30/h34-73H,1-33H3. The third-order valence-corrected chi connectivity index (χ3v) is 27.9. The van der Waals surface area contributed by atoms with Crippen molar-refractivity contribution in [2.45, 2.75) is 288 Å². The molecule has 0 saturated carbocycles. The van der Waals surface area contributed by atoms with Crippen molar-refractivity contribution in [1.29, 1.82) is 0 Å². The molecule has 2 aliphatic heterocycles. The summed E-state index contributed by atoms with van der Waals surface area (Å²) in [5.74, 6) is 0. The zero-order chi connectivity index (χ0) is 91.6. The van der Waals surface area contributed by atoms with Gasteiger partial charge in [0.15, 0.2) is 0 Å². The Hall–Kier alpha value is -10.9. The van der Waals surface area contributed by atoms with E-state index in [-0.39, 0.29) is 66.3 Å². The van der Waals surface area contributed by atoms with Crippen molar-refractivity contribution in [2.75, 3.05) is 9.80 Å². The number of benzene rings is 13. The maximum absolute atomic E-state index is 2.79. The van der Waals surface area contributed by atoms with Crippen molar-refractivity contribution in [3.63, 3.8) is 0 Å². The van der Waals surface area contributed by atoms with Crippen molar-refractivity contribution in [3.05, 3.63) is 304 Å². The molecule has 5 heteroatoms. The number of anilines is 6. The number of hydrogen-bond acceptors (Lipinski definition) is 2. The molecule has 0 aliphatic carbocycles. The maximum Gasteiger partial charge on any atom is 0.252 e. The second kappa shape index (κ2) is 29.9. The van der Waals surface area contributed by atoms with Crippen molar-refractivity contribution >= 4 is 101 Å². The van der Waals surface area contributed by atoms with Crippen LogP contribution in [0.2, 0.25) is 0 Å². The molecular weight excluding hydrogens is 1530 g/mol. The Morgan fingerprint density at radius 1 is 0.181 bits per heavy atom. The van der Waals surface area contributed by atoms with Crippen LogP contribution in [0.5, 0.6) is 0 Å². The van der Waals surface area contributed by atoms with E-state index in [0.29, 0.717) is 0 Å². The van der Waals surface area contributed by atoms with E-state index in [4.69, 9.17) is 0 Å². The van der Waals surface area contributed by atoms with Crippen LogP contribution in [0.1, 0.15) is 290 Å². The fourth-order valence-corrected chi connectivity index (χ4v) is 19.5. The highest BCUT2D eigenvalue weighted by molar-refractivity contribution is 7.00. The molecule has 127 heavy (non-hydrogen) atoms. The fraction of sp³-hybridized carbons (Fsp3) is 0.361. The first-order chi connectivity index (χ1) is 58.9. The van der Waals surface area contributed by atoms with Gasteiger partial charge in [0.05, 0.1) is 33.4 Å². The molecule has 0 atom stereocenters. The van der Waals surface area contributed by atoms with Gasteiger partial charge in [0.2, 0.25) is 0 Å². The first-order valence-corrected chi connectivity index (χ1v) is 47.0. The van der Waals surface area contributed by atoms with Crippen LogP contribution >= 0.6 is 0 Å². The second-order valence-corrected chi connectivity index (χ2v) is 49.1. The fourth-order valence-electron chi connectivity index (χ4n) is 19.5. The number of fused-ring (bicyclic) bond motifs is 10. The van der Waals surface area contributed by atoms with Crippen LogP contribution < -0.4 is 26.2 Å². The number of hydrogen-bond donors (Lipinski definition) is 0. The summed E-state index contributed by atoms with van der Waals surface area (Å²) in [7, 11) is 0. The first kappa shape index (κ1) is 88.2. The molecule has 2 aliphatic rings. The van der Waals surface area contributed by atoms with Crippen molar-refractivity contribution in [2.24, 2.45) is 0 Å². The van der Waals surface area contributed by atoms with Crippen LogP contribution in [0.25, 0.3) is 99.5 Å². The van der Waals surface area contributed by atoms with Gasteiger partial charge in [0.1, 0.15) is 0 Å². The van der Waals surface area contributed by atoms with Crippen molar-refractivity contribution in [3.8, 4) is 55.9 Å². The Bertz CT molecular complexity index is 6420. The summed E-state index contributed by atoms with van der Waals surface area (Å²) in [5.41, 5.74) is 39.9. The highest BCUT2D eigenvalue weighted by atomic mass is 15.2. The summed E-state index contributed by atoms with van der Waals surface area (Å²) >= 11 is 0. The van der Waals surface area contributed by atoms with E-state index in [1.165, 1.54) is 177 Å². The zero-order valence-electron chi connectivity index (χ0n) is 83.0. The third-order valence-electron chi connectivity index (χ3n) is 27.9. The summed E-state index contributed by atoms with van der Waals surface area (Å²) in [6.45, 7) is 78.3. The quantitative estimate of drug-likeness (QED) is 0.141. The Kier molecular flexibility index (Phi) is 20.7. The van der Waals surface area contributed by atoms with Gasteiger partial charge in [-0.05, 0) is 255 Å². The molecule has 2 aromatic heterocycles. The molecule has 4 nitrogen and oxygen atoms in total. The summed E-state index contributed by atoms with van der Waals surface area (Å²) in [6.07, 6.45) is 0. The van der Waals surface area contributed by atoms with Crippen molar-refractivity contribution in [1.82, 2.24) is 9.13 Å². The summed E-state index contributed by atoms with van der Waals surface area (Å²) in [5, 5.41) is 5.00. The van der Waals surface area contributed by atoms with Gasteiger partial charge in [-0.3, -0.25) is 0 Å². The number of nitrogens with zero attached hydrogens (tertiary/aromatic N) is 4. The number of para-hydroxylation sites is 2. The average Bonchev–Trinajstić information content (AvgIpc) is 0.730. The molecule has 0 radical (unpaired) electrons. The maximum atomic E-state index is 2.79. The normalized spacial score (nSPS) is 14.0. The van der Waals surface area contributed by atoms with Gasteiger partial charge in [-0.1, -0.05) is 386 Å². The van der Waals surface area contributed by atoms with Gasteiger partial charge in [-0.15, -0.1) is 0 Å². The highest BCUT2D eigenvalue weighted by Gasteiger charge is 2.47. The highest BCUT2D eigenvalue weighted by Crippen LogP contribution is 2.55. The molecule has 15 aromatic rings. The van der Waals surface area contributed by atoms with E-state index in [2.05, 4.69) is 490 Å². The molecule has 17 rings (SSSR count). The molecule has 650 valence electrons. The van der Waals surface area contributed by atoms with Crippen molar-refractivity contribution < 1.29 is 0 Å². The molecule has 13 aromatic carbocycles. The van der Waals surface area contributed by atoms with Gasteiger partial charge >= 0.3 is 0 Å². The Labute approximate surface area is 762 Å². The molecular formula is C122H139BN4. The van der Waals surface area contributed by atoms with Crippen LogP contribution in [0.3, 0.4) is 0 Å². The first-order valence-electron chi connectivity index (χ1n) is 47.0. The van der Waals surface area contributed by atoms with Crippen LogP contribution in [0, 0.1) is 0 Å². The predicted octanol–water partition coefficient (Wildman–Crippen LogP) is 32.9. The van der Waals surface area contributed by atoms with E-state index in [1.54, 1.807) is 0 Å². The van der Waals surface area contributed by atoms with Gasteiger partial charge in [0, 0.05) is 66.8 Å². The van der Waals surface area contributed by atoms with Crippen LogP contribution in [0.15, 0.2) is 243 Å². The number of aromatic nitrogens is 2. The molecule has 0 N–H and O–H groups in total. The second-order valence-electron chi connectivity index (χ2n) is 49.1. The summed E-state index contributed by atoms with van der Waals surface area (Å²) in [4.78, 5) is 5.58. The SMILES string of the molecule is CC(C)(C)c1cc(-c2ccc(-c3cc(C(C)(C)C)cc(C(C)(C)C)c3)c(N3c4cc(-n5c6ccccc6c6cc(C(C)(C)C)ccc65)ccc4B4c5ccc(-n6c7ccccc7c7cc(C(C)(C)C)ccc76)cc5N(c5cc(-c6cc(C(C)(C)C)cc(C(C)(C)C)c6)ccc5-c5cc(C(C)(C)C)cc(C(C)(C)C)c5)c5cc(C(C)(C)C)cc3c54)c2)cc(C(C)(C)C)c1. The topological polar surface area (TPSA) is 16.3 Å². The lowest BCUT2D eigenvalue weighted by Gasteiger charge is -2.46. The lowest BCUT2D eigenvalue weighted by atomic mass is 9.33. The molecule has 0 unspecified atom stereocenters. The molecule has 0 amide bonds. The predicted molar refractivity (Wildman–Crippen MR) is 557 cm³/mol. The minimum absolute atomic E-state index is 0.0610. The van der Waals surface area contributed by atoms with Crippen LogP contribution in [-0.2, 0) is 59.6 Å². The lowest BCUT2D eigenvalue weighted by molar-refractivity contribution is 0.568. The minimum Gasteiger partial charge on any atom is -0.311 e. The minimum atomic E-state index is -0.374. The smallest absolute Gasteiger partial charge is 0.252 e. The average molecular weight is 1670 g/mol. The Balaban J connectivity index is 1.08. The summed E-state index contributed by atoms with van der Waals surface area (Å²) < 4.78 is 5.14. The lowest BCUT2D eigenvalue weighted by Crippen LogP contribution is -2.61. The van der Waals surface area contributed by atoms with E-state index in [1.807, 2.05) is 0 Å². The monoisotopic (exact) mass is 1670 g/mol. The third kappa shape index (κ3) is 16.0. The molecule has 0 spiro atoms. The van der Waals surface area contributed by atoms with Crippen LogP contribution in [-0.4, -0.2) is 15.8 Å². The van der Waals surface area contributed by atoms with Gasteiger partial charge in [-0.25, -0.2) is 0 Å². The Morgan fingerprint density at radius 2 is 0.449 bits per heavy atom. The number of rotatable bonds is 8. The van der Waals surface area contributed by atoms with Gasteiger partial charge < -0.3 is 18.9 Å².